The van der Waals surface area contributed by atoms with Crippen LogP contribution in [-0.2, 0) is 16.1 Å². The van der Waals surface area contributed by atoms with E-state index in [4.69, 9.17) is 4.42 Å². The van der Waals surface area contributed by atoms with Gasteiger partial charge >= 0.3 is 0 Å². The highest BCUT2D eigenvalue weighted by atomic mass is 16.3. The van der Waals surface area contributed by atoms with Crippen LogP contribution in [0.25, 0.3) is 0 Å². The SMILES string of the molecule is CN(Cc1ccco1)C(=O)[C@@H]1CC(=O)Nc2ccccc21. The molecule has 0 saturated heterocycles. The first kappa shape index (κ1) is 13.4. The number of nitrogens with one attached hydrogen (secondary N) is 1. The Bertz CT molecular complexity index is 664. The summed E-state index contributed by atoms with van der Waals surface area (Å²) in [5.74, 6) is 0.0847. The van der Waals surface area contributed by atoms with E-state index >= 15 is 0 Å². The largest absolute Gasteiger partial charge is 0.467 e. The molecule has 0 bridgehead atoms. The normalized spacial score (nSPS) is 17.0. The van der Waals surface area contributed by atoms with Gasteiger partial charge in [-0.2, -0.15) is 0 Å². The number of hydrogen-bond acceptors (Lipinski definition) is 3. The van der Waals surface area contributed by atoms with Crippen LogP contribution in [0, 0.1) is 0 Å². The third-order valence-corrected chi connectivity index (χ3v) is 3.65. The molecule has 0 saturated carbocycles. The highest BCUT2D eigenvalue weighted by molar-refractivity contribution is 6.01. The van der Waals surface area contributed by atoms with Gasteiger partial charge in [0.15, 0.2) is 0 Å². The Morgan fingerprint density at radius 1 is 1.33 bits per heavy atom. The van der Waals surface area contributed by atoms with Crippen molar-refractivity contribution in [3.63, 3.8) is 0 Å². The maximum Gasteiger partial charge on any atom is 0.230 e. The Hall–Kier alpha value is -2.56. The van der Waals surface area contributed by atoms with Crippen LogP contribution in [0.2, 0.25) is 0 Å². The van der Waals surface area contributed by atoms with E-state index in [1.807, 2.05) is 30.3 Å². The molecule has 0 aliphatic carbocycles. The number of nitrogens with zero attached hydrogens (tertiary/aromatic N) is 1. The molecule has 1 aliphatic heterocycles. The number of fused-ring (bicyclic) bond motifs is 1. The maximum atomic E-state index is 12.6. The number of carbonyl (C=O) groups excluding carboxylic acids is 2. The molecule has 0 spiro atoms. The van der Waals surface area contributed by atoms with Crippen molar-refractivity contribution in [3.8, 4) is 0 Å². The van der Waals surface area contributed by atoms with Crippen molar-refractivity contribution in [2.75, 3.05) is 12.4 Å². The molecular formula is C16H16N2O3. The molecule has 21 heavy (non-hydrogen) atoms. The molecule has 5 heteroatoms. The highest BCUT2D eigenvalue weighted by Gasteiger charge is 2.32. The number of anilines is 1. The Labute approximate surface area is 122 Å². The number of amides is 2. The average Bonchev–Trinajstić information content (AvgIpc) is 2.98. The molecule has 108 valence electrons. The molecule has 1 aromatic heterocycles. The van der Waals surface area contributed by atoms with Gasteiger partial charge in [-0.05, 0) is 23.8 Å². The van der Waals surface area contributed by atoms with Crippen LogP contribution in [0.3, 0.4) is 0 Å². The van der Waals surface area contributed by atoms with Crippen molar-refractivity contribution in [2.24, 2.45) is 0 Å². The summed E-state index contributed by atoms with van der Waals surface area (Å²) in [4.78, 5) is 26.0. The third kappa shape index (κ3) is 2.67. The van der Waals surface area contributed by atoms with Crippen LogP contribution < -0.4 is 5.32 Å². The van der Waals surface area contributed by atoms with Crippen molar-refractivity contribution < 1.29 is 14.0 Å². The quantitative estimate of drug-likeness (QED) is 0.941. The zero-order chi connectivity index (χ0) is 14.8. The molecule has 0 radical (unpaired) electrons. The van der Waals surface area contributed by atoms with E-state index in [-0.39, 0.29) is 18.2 Å². The predicted molar refractivity (Wildman–Crippen MR) is 77.6 cm³/mol. The molecule has 0 unspecified atom stereocenters. The average molecular weight is 284 g/mol. The molecule has 2 amide bonds. The summed E-state index contributed by atoms with van der Waals surface area (Å²) >= 11 is 0. The van der Waals surface area contributed by atoms with Crippen LogP contribution in [0.1, 0.15) is 23.7 Å². The fourth-order valence-electron chi connectivity index (χ4n) is 2.61. The van der Waals surface area contributed by atoms with Gasteiger partial charge in [-0.15, -0.1) is 0 Å². The third-order valence-electron chi connectivity index (χ3n) is 3.65. The summed E-state index contributed by atoms with van der Waals surface area (Å²) in [5.41, 5.74) is 1.59. The second kappa shape index (κ2) is 5.44. The van der Waals surface area contributed by atoms with E-state index < -0.39 is 5.92 Å². The summed E-state index contributed by atoms with van der Waals surface area (Å²) in [5, 5.41) is 2.80. The fourth-order valence-corrected chi connectivity index (χ4v) is 2.61. The second-order valence-corrected chi connectivity index (χ2v) is 5.17. The summed E-state index contributed by atoms with van der Waals surface area (Å²) < 4.78 is 5.26. The molecule has 2 heterocycles. The lowest BCUT2D eigenvalue weighted by molar-refractivity contribution is -0.134. The Kier molecular flexibility index (Phi) is 3.48. The number of rotatable bonds is 3. The van der Waals surface area contributed by atoms with Crippen LogP contribution in [-0.4, -0.2) is 23.8 Å². The second-order valence-electron chi connectivity index (χ2n) is 5.17. The zero-order valence-corrected chi connectivity index (χ0v) is 11.7. The topological polar surface area (TPSA) is 62.6 Å². The lowest BCUT2D eigenvalue weighted by Crippen LogP contribution is -2.36. The summed E-state index contributed by atoms with van der Waals surface area (Å²) in [6.07, 6.45) is 1.76. The molecule has 1 atom stereocenters. The number of furan rings is 1. The van der Waals surface area contributed by atoms with Gasteiger partial charge in [0.25, 0.3) is 0 Å². The van der Waals surface area contributed by atoms with E-state index in [1.165, 1.54) is 0 Å². The molecule has 1 aromatic carbocycles. The molecule has 3 rings (SSSR count). The van der Waals surface area contributed by atoms with Gasteiger partial charge in [0, 0.05) is 19.2 Å². The minimum absolute atomic E-state index is 0.0753. The molecule has 1 N–H and O–H groups in total. The van der Waals surface area contributed by atoms with Gasteiger partial charge in [-0.1, -0.05) is 18.2 Å². The van der Waals surface area contributed by atoms with Gasteiger partial charge in [-0.3, -0.25) is 9.59 Å². The van der Waals surface area contributed by atoms with Gasteiger partial charge in [0.05, 0.1) is 18.7 Å². The van der Waals surface area contributed by atoms with Crippen LogP contribution in [0.4, 0.5) is 5.69 Å². The lowest BCUT2D eigenvalue weighted by atomic mass is 9.89. The first-order valence-electron chi connectivity index (χ1n) is 6.81. The van der Waals surface area contributed by atoms with E-state index in [1.54, 1.807) is 24.3 Å². The molecule has 0 fully saturated rings. The van der Waals surface area contributed by atoms with Gasteiger partial charge in [0.2, 0.25) is 11.8 Å². The molecule has 5 nitrogen and oxygen atoms in total. The van der Waals surface area contributed by atoms with Crippen LogP contribution in [0.5, 0.6) is 0 Å². The van der Waals surface area contributed by atoms with E-state index in [9.17, 15) is 9.59 Å². The Morgan fingerprint density at radius 3 is 2.90 bits per heavy atom. The van der Waals surface area contributed by atoms with Gasteiger partial charge in [-0.25, -0.2) is 0 Å². The highest BCUT2D eigenvalue weighted by Crippen LogP contribution is 2.33. The fraction of sp³-hybridized carbons (Fsp3) is 0.250. The van der Waals surface area contributed by atoms with Crippen molar-refractivity contribution in [2.45, 2.75) is 18.9 Å². The van der Waals surface area contributed by atoms with Crippen molar-refractivity contribution in [1.82, 2.24) is 4.90 Å². The number of para-hydroxylation sites is 1. The van der Waals surface area contributed by atoms with Crippen LogP contribution >= 0.6 is 0 Å². The maximum absolute atomic E-state index is 12.6. The van der Waals surface area contributed by atoms with Crippen LogP contribution in [0.15, 0.2) is 47.1 Å². The van der Waals surface area contributed by atoms with E-state index in [2.05, 4.69) is 5.32 Å². The summed E-state index contributed by atoms with van der Waals surface area (Å²) in [6, 6.07) is 11.0. The van der Waals surface area contributed by atoms with E-state index in [0.29, 0.717) is 6.54 Å². The molecular weight excluding hydrogens is 268 g/mol. The van der Waals surface area contributed by atoms with Crippen molar-refractivity contribution >= 4 is 17.5 Å². The summed E-state index contributed by atoms with van der Waals surface area (Å²) in [7, 11) is 1.72. The Balaban J connectivity index is 1.82. The van der Waals surface area contributed by atoms with E-state index in [0.717, 1.165) is 17.0 Å². The number of hydrogen-bond donors (Lipinski definition) is 1. The zero-order valence-electron chi connectivity index (χ0n) is 11.7. The minimum Gasteiger partial charge on any atom is -0.467 e. The smallest absolute Gasteiger partial charge is 0.230 e. The number of carbonyl (C=O) groups is 2. The minimum atomic E-state index is -0.435. The standard InChI is InChI=1S/C16H16N2O3/c1-18(10-11-5-4-8-21-11)16(20)13-9-15(19)17-14-7-3-2-6-12(13)14/h2-8,13H,9-10H2,1H3,(H,17,19)/t13-/m1/s1. The van der Waals surface area contributed by atoms with Crippen molar-refractivity contribution in [1.29, 1.82) is 0 Å². The first-order chi connectivity index (χ1) is 10.1. The predicted octanol–water partition coefficient (Wildman–Crippen LogP) is 2.36. The van der Waals surface area contributed by atoms with Gasteiger partial charge in [0.1, 0.15) is 5.76 Å². The molecule has 1 aliphatic rings. The molecule has 2 aromatic rings. The number of benzene rings is 1. The van der Waals surface area contributed by atoms with Gasteiger partial charge < -0.3 is 14.6 Å². The number of likely N-dealkylation sites (N-methyl/N-ethyl adjacent to an activating group) is 1. The van der Waals surface area contributed by atoms with Crippen molar-refractivity contribution in [3.05, 3.63) is 54.0 Å². The first-order valence-corrected chi connectivity index (χ1v) is 6.81. The Morgan fingerprint density at radius 2 is 2.14 bits per heavy atom. The monoisotopic (exact) mass is 284 g/mol. The lowest BCUT2D eigenvalue weighted by Gasteiger charge is -2.28. The summed E-state index contributed by atoms with van der Waals surface area (Å²) in [6.45, 7) is 0.395.